The van der Waals surface area contributed by atoms with Crippen molar-refractivity contribution in [2.45, 2.75) is 117 Å². The van der Waals surface area contributed by atoms with Gasteiger partial charge in [0.25, 0.3) is 0 Å². The predicted molar refractivity (Wildman–Crippen MR) is 121 cm³/mol. The Hall–Kier alpha value is -1.30. The molecule has 2 unspecified atom stereocenters. The molecule has 0 aromatic heterocycles. The lowest BCUT2D eigenvalue weighted by Gasteiger charge is -2.18. The van der Waals surface area contributed by atoms with E-state index in [9.17, 15) is 14.7 Å². The summed E-state index contributed by atoms with van der Waals surface area (Å²) >= 11 is 0. The first-order valence-corrected chi connectivity index (χ1v) is 12.3. The van der Waals surface area contributed by atoms with Crippen molar-refractivity contribution < 1.29 is 24.2 Å². The molecule has 2 N–H and O–H groups in total. The Labute approximate surface area is 184 Å². The number of hydrogen-bond donors (Lipinski definition) is 2. The standard InChI is InChI=1S/C24H47NO5/c1-4-7-9-10-11-12-13-14-15-16-18-29-23(27)22(19-26)25-24(28)30-20-21(6-3)17-8-5-2/h21-22,26H,4-20H2,1-3H3,(H,25,28). The number of alkyl carbamates (subject to hydrolysis) is 1. The average molecular weight is 430 g/mol. The first-order valence-electron chi connectivity index (χ1n) is 12.3. The zero-order valence-corrected chi connectivity index (χ0v) is 19.8. The molecule has 0 saturated heterocycles. The van der Waals surface area contributed by atoms with Crippen LogP contribution in [0.1, 0.15) is 111 Å². The summed E-state index contributed by atoms with van der Waals surface area (Å²) < 4.78 is 10.4. The van der Waals surface area contributed by atoms with Crippen LogP contribution in [0.25, 0.3) is 0 Å². The van der Waals surface area contributed by atoms with Gasteiger partial charge in [-0.25, -0.2) is 9.59 Å². The SMILES string of the molecule is CCCCCCCCCCCCOC(=O)C(CO)NC(=O)OCC(CC)CCCC. The van der Waals surface area contributed by atoms with E-state index < -0.39 is 24.7 Å². The van der Waals surface area contributed by atoms with E-state index in [1.165, 1.54) is 44.9 Å². The number of unbranched alkanes of at least 4 members (excludes halogenated alkanes) is 10. The van der Waals surface area contributed by atoms with E-state index in [0.717, 1.165) is 44.9 Å². The highest BCUT2D eigenvalue weighted by Crippen LogP contribution is 2.13. The van der Waals surface area contributed by atoms with E-state index in [-0.39, 0.29) is 0 Å². The number of nitrogens with one attached hydrogen (secondary N) is 1. The maximum atomic E-state index is 12.1. The third-order valence-corrected chi connectivity index (χ3v) is 5.49. The first-order chi connectivity index (χ1) is 14.6. The molecule has 0 heterocycles. The average Bonchev–Trinajstić information content (AvgIpc) is 2.75. The summed E-state index contributed by atoms with van der Waals surface area (Å²) in [6, 6.07) is -1.07. The number of rotatable bonds is 20. The molecule has 1 amide bonds. The van der Waals surface area contributed by atoms with Crippen molar-refractivity contribution in [3.63, 3.8) is 0 Å². The van der Waals surface area contributed by atoms with Crippen molar-refractivity contribution in [1.29, 1.82) is 0 Å². The lowest BCUT2D eigenvalue weighted by atomic mass is 10.0. The van der Waals surface area contributed by atoms with Gasteiger partial charge in [0.1, 0.15) is 0 Å². The number of hydrogen-bond acceptors (Lipinski definition) is 5. The third kappa shape index (κ3) is 16.5. The van der Waals surface area contributed by atoms with Gasteiger partial charge in [-0.3, -0.25) is 0 Å². The largest absolute Gasteiger partial charge is 0.464 e. The van der Waals surface area contributed by atoms with Crippen LogP contribution in [0, 0.1) is 5.92 Å². The minimum atomic E-state index is -1.07. The van der Waals surface area contributed by atoms with E-state index in [2.05, 4.69) is 26.1 Å². The van der Waals surface area contributed by atoms with Crippen molar-refractivity contribution >= 4 is 12.1 Å². The highest BCUT2D eigenvalue weighted by molar-refractivity contribution is 5.81. The summed E-state index contributed by atoms with van der Waals surface area (Å²) in [6.07, 6.45) is 15.6. The molecule has 2 atom stereocenters. The van der Waals surface area contributed by atoms with Crippen LogP contribution < -0.4 is 5.32 Å². The van der Waals surface area contributed by atoms with Gasteiger partial charge in [-0.2, -0.15) is 0 Å². The minimum Gasteiger partial charge on any atom is -0.464 e. The predicted octanol–water partition coefficient (Wildman–Crippen LogP) is 5.75. The monoisotopic (exact) mass is 429 g/mol. The summed E-state index contributed by atoms with van der Waals surface area (Å²) in [5.41, 5.74) is 0. The molecule has 0 aliphatic carbocycles. The van der Waals surface area contributed by atoms with Crippen LogP contribution in [0.2, 0.25) is 0 Å². The Balaban J connectivity index is 3.83. The first kappa shape index (κ1) is 28.7. The second-order valence-electron chi connectivity index (χ2n) is 8.24. The van der Waals surface area contributed by atoms with E-state index in [0.29, 0.717) is 19.1 Å². The van der Waals surface area contributed by atoms with E-state index >= 15 is 0 Å². The van der Waals surface area contributed by atoms with Crippen molar-refractivity contribution in [2.75, 3.05) is 19.8 Å². The van der Waals surface area contributed by atoms with Crippen molar-refractivity contribution in [3.05, 3.63) is 0 Å². The maximum Gasteiger partial charge on any atom is 0.407 e. The number of carbonyl (C=O) groups excluding carboxylic acids is 2. The van der Waals surface area contributed by atoms with Crippen molar-refractivity contribution in [2.24, 2.45) is 5.92 Å². The highest BCUT2D eigenvalue weighted by atomic mass is 16.6. The smallest absolute Gasteiger partial charge is 0.407 e. The van der Waals surface area contributed by atoms with Gasteiger partial charge in [-0.1, -0.05) is 97.8 Å². The molecule has 0 bridgehead atoms. The molecule has 0 spiro atoms. The zero-order valence-electron chi connectivity index (χ0n) is 19.8. The molecule has 0 aromatic carbocycles. The number of ether oxygens (including phenoxy) is 2. The van der Waals surface area contributed by atoms with Gasteiger partial charge >= 0.3 is 12.1 Å². The third-order valence-electron chi connectivity index (χ3n) is 5.49. The van der Waals surface area contributed by atoms with E-state index in [1.807, 2.05) is 0 Å². The van der Waals surface area contributed by atoms with Crippen LogP contribution in [0.5, 0.6) is 0 Å². The number of aliphatic hydroxyl groups excluding tert-OH is 1. The van der Waals surface area contributed by atoms with E-state index in [4.69, 9.17) is 9.47 Å². The Bertz CT molecular complexity index is 416. The molecule has 0 aromatic rings. The summed E-state index contributed by atoms with van der Waals surface area (Å²) in [5.74, 6) is -0.282. The summed E-state index contributed by atoms with van der Waals surface area (Å²) in [7, 11) is 0. The lowest BCUT2D eigenvalue weighted by Crippen LogP contribution is -2.45. The van der Waals surface area contributed by atoms with Gasteiger partial charge in [0, 0.05) is 0 Å². The fourth-order valence-electron chi connectivity index (χ4n) is 3.32. The lowest BCUT2D eigenvalue weighted by molar-refractivity contribution is -0.147. The van der Waals surface area contributed by atoms with Gasteiger partial charge in [-0.15, -0.1) is 0 Å². The molecule has 6 heteroatoms. The van der Waals surface area contributed by atoms with Crippen LogP contribution >= 0.6 is 0 Å². The maximum absolute atomic E-state index is 12.1. The molecule has 0 aliphatic heterocycles. The zero-order chi connectivity index (χ0) is 22.5. The second-order valence-corrected chi connectivity index (χ2v) is 8.24. The fourth-order valence-corrected chi connectivity index (χ4v) is 3.32. The molecule has 30 heavy (non-hydrogen) atoms. The molecular weight excluding hydrogens is 382 g/mol. The van der Waals surface area contributed by atoms with Crippen molar-refractivity contribution in [1.82, 2.24) is 5.32 Å². The number of aliphatic hydroxyl groups is 1. The van der Waals surface area contributed by atoms with Crippen LogP contribution in [-0.2, 0) is 14.3 Å². The Morgan fingerprint density at radius 1 is 0.800 bits per heavy atom. The van der Waals surface area contributed by atoms with Crippen LogP contribution in [0.15, 0.2) is 0 Å². The van der Waals surface area contributed by atoms with Crippen LogP contribution in [-0.4, -0.2) is 43.0 Å². The topological polar surface area (TPSA) is 84.9 Å². The molecular formula is C24H47NO5. The van der Waals surface area contributed by atoms with Gasteiger partial charge in [0.15, 0.2) is 6.04 Å². The molecule has 178 valence electrons. The Morgan fingerprint density at radius 2 is 1.37 bits per heavy atom. The highest BCUT2D eigenvalue weighted by Gasteiger charge is 2.22. The number of carbonyl (C=O) groups is 2. The normalized spacial score (nSPS) is 12.9. The van der Waals surface area contributed by atoms with Gasteiger partial charge in [-0.05, 0) is 18.8 Å². The van der Waals surface area contributed by atoms with Gasteiger partial charge in [0.2, 0.25) is 0 Å². The minimum absolute atomic E-state index is 0.317. The molecule has 6 nitrogen and oxygen atoms in total. The van der Waals surface area contributed by atoms with Gasteiger partial charge in [0.05, 0.1) is 19.8 Å². The molecule has 0 aliphatic rings. The van der Waals surface area contributed by atoms with Gasteiger partial charge < -0.3 is 19.9 Å². The summed E-state index contributed by atoms with van der Waals surface area (Å²) in [6.45, 7) is 6.58. The quantitative estimate of drug-likeness (QED) is 0.190. The van der Waals surface area contributed by atoms with Crippen LogP contribution in [0.4, 0.5) is 4.79 Å². The van der Waals surface area contributed by atoms with E-state index in [1.54, 1.807) is 0 Å². The molecule has 0 saturated carbocycles. The Morgan fingerprint density at radius 3 is 1.90 bits per heavy atom. The summed E-state index contributed by atoms with van der Waals surface area (Å²) in [5, 5.41) is 11.8. The number of amides is 1. The second kappa shape index (κ2) is 21.0. The molecule has 0 rings (SSSR count). The van der Waals surface area contributed by atoms with Crippen LogP contribution in [0.3, 0.4) is 0 Å². The fraction of sp³-hybridized carbons (Fsp3) is 0.917. The summed E-state index contributed by atoms with van der Waals surface area (Å²) in [4.78, 5) is 24.0. The Kier molecular flexibility index (Phi) is 20.0. The number of esters is 1. The molecule has 0 fully saturated rings. The molecule has 0 radical (unpaired) electrons. The van der Waals surface area contributed by atoms with Crippen molar-refractivity contribution in [3.8, 4) is 0 Å².